The molecule has 0 aromatic heterocycles. The van der Waals surface area contributed by atoms with E-state index < -0.39 is 48.3 Å². The van der Waals surface area contributed by atoms with Crippen LogP contribution in [-0.2, 0) is 9.53 Å². The lowest BCUT2D eigenvalue weighted by atomic mass is 10.1. The van der Waals surface area contributed by atoms with Gasteiger partial charge in [-0.3, -0.25) is 9.69 Å². The minimum atomic E-state index is -1.81. The maximum atomic E-state index is 14.6. The number of hydrogen-bond acceptors (Lipinski definition) is 4. The SMILES string of the molecule is CC(C)(C)OC(=O)N1CC(F)C(O)C1C(=O)N(c1cccc(Cl)c1F)C1CC1. The number of hydrogen-bond donors (Lipinski definition) is 1. The number of likely N-dealkylation sites (tertiary alicyclic amines) is 1. The predicted octanol–water partition coefficient (Wildman–Crippen LogP) is 3.29. The van der Waals surface area contributed by atoms with Crippen molar-refractivity contribution in [1.82, 2.24) is 4.90 Å². The number of carbonyl (C=O) groups excluding carboxylic acids is 2. The normalized spacial score (nSPS) is 25.0. The van der Waals surface area contributed by atoms with Crippen molar-refractivity contribution in [3.05, 3.63) is 29.0 Å². The summed E-state index contributed by atoms with van der Waals surface area (Å²) in [7, 11) is 0. The lowest BCUT2D eigenvalue weighted by molar-refractivity contribution is -0.125. The van der Waals surface area contributed by atoms with Crippen LogP contribution in [0.25, 0.3) is 0 Å². The number of carbonyl (C=O) groups is 2. The highest BCUT2D eigenvalue weighted by molar-refractivity contribution is 6.31. The van der Waals surface area contributed by atoms with Crippen molar-refractivity contribution in [2.24, 2.45) is 0 Å². The topological polar surface area (TPSA) is 70.1 Å². The summed E-state index contributed by atoms with van der Waals surface area (Å²) in [5, 5.41) is 10.1. The molecule has 1 saturated heterocycles. The van der Waals surface area contributed by atoms with E-state index in [2.05, 4.69) is 0 Å². The highest BCUT2D eigenvalue weighted by Crippen LogP contribution is 2.37. The molecule has 1 saturated carbocycles. The van der Waals surface area contributed by atoms with Gasteiger partial charge in [0.2, 0.25) is 0 Å². The second kappa shape index (κ2) is 7.48. The highest BCUT2D eigenvalue weighted by atomic mass is 35.5. The molecule has 0 radical (unpaired) electrons. The number of anilines is 1. The Morgan fingerprint density at radius 3 is 2.54 bits per heavy atom. The lowest BCUT2D eigenvalue weighted by Crippen LogP contribution is -2.53. The number of amides is 2. The van der Waals surface area contributed by atoms with Gasteiger partial charge in [-0.15, -0.1) is 0 Å². The van der Waals surface area contributed by atoms with E-state index in [0.29, 0.717) is 12.8 Å². The minimum absolute atomic E-state index is 0.0568. The van der Waals surface area contributed by atoms with Crippen molar-refractivity contribution in [3.63, 3.8) is 0 Å². The lowest BCUT2D eigenvalue weighted by Gasteiger charge is -2.32. The van der Waals surface area contributed by atoms with Crippen molar-refractivity contribution < 1.29 is 28.2 Å². The Morgan fingerprint density at radius 1 is 1.32 bits per heavy atom. The minimum Gasteiger partial charge on any atom is -0.444 e. The molecule has 1 aromatic rings. The van der Waals surface area contributed by atoms with Crippen LogP contribution >= 0.6 is 11.6 Å². The molecule has 3 unspecified atom stereocenters. The fourth-order valence-corrected chi connectivity index (χ4v) is 3.40. The van der Waals surface area contributed by atoms with Crippen molar-refractivity contribution >= 4 is 29.3 Å². The van der Waals surface area contributed by atoms with E-state index in [1.807, 2.05) is 0 Å². The maximum Gasteiger partial charge on any atom is 0.411 e. The first-order valence-electron chi connectivity index (χ1n) is 9.10. The largest absolute Gasteiger partial charge is 0.444 e. The van der Waals surface area contributed by atoms with E-state index in [-0.39, 0.29) is 16.8 Å². The molecule has 1 aliphatic carbocycles. The van der Waals surface area contributed by atoms with Crippen LogP contribution in [0.15, 0.2) is 18.2 Å². The van der Waals surface area contributed by atoms with Crippen LogP contribution in [-0.4, -0.2) is 58.5 Å². The van der Waals surface area contributed by atoms with E-state index in [1.165, 1.54) is 23.1 Å². The molecule has 1 heterocycles. The van der Waals surface area contributed by atoms with E-state index in [0.717, 1.165) is 4.90 Å². The molecule has 2 fully saturated rings. The van der Waals surface area contributed by atoms with E-state index in [4.69, 9.17) is 16.3 Å². The smallest absolute Gasteiger partial charge is 0.411 e. The summed E-state index contributed by atoms with van der Waals surface area (Å²) in [6.45, 7) is 4.43. The fourth-order valence-electron chi connectivity index (χ4n) is 3.23. The van der Waals surface area contributed by atoms with Crippen LogP contribution in [0.5, 0.6) is 0 Å². The molecule has 3 rings (SSSR count). The van der Waals surface area contributed by atoms with Gasteiger partial charge in [0.1, 0.15) is 23.9 Å². The molecule has 1 aromatic carbocycles. The number of alkyl halides is 1. The van der Waals surface area contributed by atoms with Gasteiger partial charge in [0.25, 0.3) is 5.91 Å². The summed E-state index contributed by atoms with van der Waals surface area (Å²) >= 11 is 5.84. The van der Waals surface area contributed by atoms with Gasteiger partial charge in [0, 0.05) is 6.04 Å². The summed E-state index contributed by atoms with van der Waals surface area (Å²) in [4.78, 5) is 27.8. The molecular formula is C19H23ClF2N2O4. The van der Waals surface area contributed by atoms with Gasteiger partial charge in [-0.05, 0) is 45.7 Å². The number of aliphatic hydroxyl groups is 1. The van der Waals surface area contributed by atoms with Gasteiger partial charge in [0.15, 0.2) is 5.82 Å². The molecule has 0 bridgehead atoms. The molecule has 6 nitrogen and oxygen atoms in total. The average Bonchev–Trinajstić information content (AvgIpc) is 3.36. The molecule has 3 atom stereocenters. The average molecular weight is 417 g/mol. The van der Waals surface area contributed by atoms with E-state index >= 15 is 0 Å². The molecule has 28 heavy (non-hydrogen) atoms. The Hall–Kier alpha value is -1.93. The Kier molecular flexibility index (Phi) is 5.55. The summed E-state index contributed by atoms with van der Waals surface area (Å²) in [6, 6.07) is 2.43. The third-order valence-electron chi connectivity index (χ3n) is 4.62. The number of halogens is 3. The number of rotatable bonds is 3. The van der Waals surface area contributed by atoms with Crippen LogP contribution < -0.4 is 4.90 Å². The Morgan fingerprint density at radius 2 is 1.96 bits per heavy atom. The van der Waals surface area contributed by atoms with Crippen molar-refractivity contribution in [3.8, 4) is 0 Å². The molecule has 2 amide bonds. The van der Waals surface area contributed by atoms with Crippen molar-refractivity contribution in [2.75, 3.05) is 11.4 Å². The first-order valence-corrected chi connectivity index (χ1v) is 9.48. The van der Waals surface area contributed by atoms with Gasteiger partial charge in [0.05, 0.1) is 17.3 Å². The first kappa shape index (κ1) is 20.8. The number of ether oxygens (including phenoxy) is 1. The standard InChI is InChI=1S/C19H23ClF2N2O4/c1-19(2,3)28-18(27)23-9-12(21)16(25)15(23)17(26)24(10-7-8-10)13-6-4-5-11(20)14(13)22/h4-6,10,12,15-16,25H,7-9H2,1-3H3. The fraction of sp³-hybridized carbons (Fsp3) is 0.579. The first-order chi connectivity index (χ1) is 13.0. The van der Waals surface area contributed by atoms with E-state index in [9.17, 15) is 23.5 Å². The number of nitrogens with zero attached hydrogens (tertiary/aromatic N) is 2. The van der Waals surface area contributed by atoms with Gasteiger partial charge in [-0.2, -0.15) is 0 Å². The molecule has 1 N–H and O–H groups in total. The van der Waals surface area contributed by atoms with Crippen LogP contribution in [0.3, 0.4) is 0 Å². The predicted molar refractivity (Wildman–Crippen MR) is 99.5 cm³/mol. The summed E-state index contributed by atoms with van der Waals surface area (Å²) in [5.74, 6) is -1.54. The van der Waals surface area contributed by atoms with Gasteiger partial charge in [-0.1, -0.05) is 17.7 Å². The number of aliphatic hydroxyl groups excluding tert-OH is 1. The zero-order valence-electron chi connectivity index (χ0n) is 15.9. The van der Waals surface area contributed by atoms with Crippen molar-refractivity contribution in [2.45, 2.75) is 63.6 Å². The second-order valence-electron chi connectivity index (χ2n) is 8.10. The Labute approximate surface area is 167 Å². The summed E-state index contributed by atoms with van der Waals surface area (Å²) in [6.07, 6.45) is -3.19. The van der Waals surface area contributed by atoms with Gasteiger partial charge >= 0.3 is 6.09 Å². The van der Waals surface area contributed by atoms with Gasteiger partial charge in [-0.25, -0.2) is 13.6 Å². The van der Waals surface area contributed by atoms with E-state index in [1.54, 1.807) is 20.8 Å². The van der Waals surface area contributed by atoms with Crippen LogP contribution in [0, 0.1) is 5.82 Å². The quantitative estimate of drug-likeness (QED) is 0.820. The molecule has 9 heteroatoms. The Bertz CT molecular complexity index is 782. The zero-order chi connectivity index (χ0) is 20.8. The van der Waals surface area contributed by atoms with Crippen LogP contribution in [0.1, 0.15) is 33.6 Å². The Balaban J connectivity index is 1.94. The van der Waals surface area contributed by atoms with Crippen LogP contribution in [0.2, 0.25) is 5.02 Å². The molecule has 154 valence electrons. The third kappa shape index (κ3) is 4.07. The molecular weight excluding hydrogens is 394 g/mol. The highest BCUT2D eigenvalue weighted by Gasteiger charge is 2.52. The second-order valence-corrected chi connectivity index (χ2v) is 8.50. The third-order valence-corrected chi connectivity index (χ3v) is 4.91. The maximum absolute atomic E-state index is 14.6. The molecule has 1 aliphatic heterocycles. The summed E-state index contributed by atoms with van der Waals surface area (Å²) in [5.41, 5.74) is -0.919. The summed E-state index contributed by atoms with van der Waals surface area (Å²) < 4.78 is 34.0. The zero-order valence-corrected chi connectivity index (χ0v) is 16.6. The number of benzene rings is 1. The van der Waals surface area contributed by atoms with Gasteiger partial charge < -0.3 is 14.7 Å². The van der Waals surface area contributed by atoms with Crippen molar-refractivity contribution in [1.29, 1.82) is 0 Å². The molecule has 0 spiro atoms. The monoisotopic (exact) mass is 416 g/mol. The molecule has 2 aliphatic rings. The van der Waals surface area contributed by atoms with Crippen LogP contribution in [0.4, 0.5) is 19.3 Å².